The van der Waals surface area contributed by atoms with E-state index in [1.807, 2.05) is 31.1 Å². The molecule has 19 heavy (non-hydrogen) atoms. The second kappa shape index (κ2) is 4.31. The largest absolute Gasteiger partial charge is 0.363 e. The van der Waals surface area contributed by atoms with E-state index in [4.69, 9.17) is 0 Å². The van der Waals surface area contributed by atoms with Crippen LogP contribution in [0.4, 0.5) is 10.2 Å². The van der Waals surface area contributed by atoms with Crippen molar-refractivity contribution in [2.45, 2.75) is 0 Å². The Morgan fingerprint density at radius 1 is 1.16 bits per heavy atom. The molecule has 0 radical (unpaired) electrons. The lowest BCUT2D eigenvalue weighted by Gasteiger charge is -2.10. The Hall–Kier alpha value is -2.50. The summed E-state index contributed by atoms with van der Waals surface area (Å²) in [5.41, 5.74) is 2.19. The number of halogens is 1. The fraction of sp³-hybridized carbons (Fsp3) is 0.154. The molecule has 3 aromatic heterocycles. The van der Waals surface area contributed by atoms with Gasteiger partial charge < -0.3 is 4.90 Å². The molecule has 0 unspecified atom stereocenters. The maximum atomic E-state index is 13.0. The highest BCUT2D eigenvalue weighted by Gasteiger charge is 2.07. The fourth-order valence-electron chi connectivity index (χ4n) is 1.80. The van der Waals surface area contributed by atoms with Gasteiger partial charge in [0.15, 0.2) is 5.65 Å². The summed E-state index contributed by atoms with van der Waals surface area (Å²) in [7, 11) is 3.86. The van der Waals surface area contributed by atoms with Gasteiger partial charge in [0.1, 0.15) is 5.82 Å². The number of pyridine rings is 1. The van der Waals surface area contributed by atoms with Gasteiger partial charge in [-0.05, 0) is 24.3 Å². The quantitative estimate of drug-likeness (QED) is 0.704. The maximum absolute atomic E-state index is 13.0. The second-order valence-electron chi connectivity index (χ2n) is 4.38. The Morgan fingerprint density at radius 3 is 2.68 bits per heavy atom. The summed E-state index contributed by atoms with van der Waals surface area (Å²) in [6, 6.07) is 6.72. The van der Waals surface area contributed by atoms with Crippen LogP contribution in [0, 0.1) is 5.95 Å². The first-order valence-corrected chi connectivity index (χ1v) is 5.79. The van der Waals surface area contributed by atoms with E-state index in [-0.39, 0.29) is 0 Å². The van der Waals surface area contributed by atoms with E-state index in [0.29, 0.717) is 5.65 Å². The Kier molecular flexibility index (Phi) is 2.63. The molecule has 0 aliphatic carbocycles. The molecule has 3 rings (SSSR count). The molecule has 0 saturated heterocycles. The molecular formula is C13H12FN5. The predicted molar refractivity (Wildman–Crippen MR) is 70.5 cm³/mol. The van der Waals surface area contributed by atoms with E-state index in [9.17, 15) is 4.39 Å². The van der Waals surface area contributed by atoms with Crippen LogP contribution in [0.15, 0.2) is 36.7 Å². The summed E-state index contributed by atoms with van der Waals surface area (Å²) in [5, 5.41) is 3.73. The first kappa shape index (κ1) is 11.6. The van der Waals surface area contributed by atoms with E-state index >= 15 is 0 Å². The van der Waals surface area contributed by atoms with Crippen LogP contribution in [-0.4, -0.2) is 33.7 Å². The van der Waals surface area contributed by atoms with E-state index < -0.39 is 5.95 Å². The molecule has 0 N–H and O–H groups in total. The number of imidazole rings is 1. The zero-order valence-electron chi connectivity index (χ0n) is 10.6. The smallest absolute Gasteiger partial charge is 0.231 e. The summed E-state index contributed by atoms with van der Waals surface area (Å²) < 4.78 is 14.4. The Balaban J connectivity index is 2.03. The zero-order chi connectivity index (χ0) is 13.4. The van der Waals surface area contributed by atoms with Gasteiger partial charge in [0.25, 0.3) is 0 Å². The molecule has 0 saturated carbocycles. The van der Waals surface area contributed by atoms with Crippen molar-refractivity contribution in [1.29, 1.82) is 0 Å². The Labute approximate surface area is 109 Å². The second-order valence-corrected chi connectivity index (χ2v) is 4.38. The summed E-state index contributed by atoms with van der Waals surface area (Å²) in [6.07, 6.45) is 3.43. The fourth-order valence-corrected chi connectivity index (χ4v) is 1.80. The van der Waals surface area contributed by atoms with Crippen molar-refractivity contribution in [2.75, 3.05) is 19.0 Å². The van der Waals surface area contributed by atoms with Crippen molar-refractivity contribution >= 4 is 11.5 Å². The van der Waals surface area contributed by atoms with Crippen molar-refractivity contribution in [3.63, 3.8) is 0 Å². The van der Waals surface area contributed by atoms with Crippen LogP contribution < -0.4 is 4.90 Å². The highest BCUT2D eigenvalue weighted by molar-refractivity contribution is 5.62. The maximum Gasteiger partial charge on any atom is 0.231 e. The minimum absolute atomic E-state index is 0.530. The highest BCUT2D eigenvalue weighted by Crippen LogP contribution is 2.19. The average molecular weight is 257 g/mol. The number of rotatable bonds is 2. The molecule has 3 aromatic rings. The Morgan fingerprint density at radius 2 is 2.00 bits per heavy atom. The van der Waals surface area contributed by atoms with Gasteiger partial charge in [-0.3, -0.25) is 0 Å². The van der Waals surface area contributed by atoms with Gasteiger partial charge in [0.05, 0.1) is 11.9 Å². The van der Waals surface area contributed by atoms with Gasteiger partial charge in [-0.1, -0.05) is 0 Å². The summed E-state index contributed by atoms with van der Waals surface area (Å²) >= 11 is 0. The van der Waals surface area contributed by atoms with Crippen LogP contribution in [0.3, 0.4) is 0 Å². The average Bonchev–Trinajstić information content (AvgIpc) is 2.81. The minimum atomic E-state index is -0.530. The lowest BCUT2D eigenvalue weighted by atomic mass is 10.2. The van der Waals surface area contributed by atoms with Crippen molar-refractivity contribution in [1.82, 2.24) is 19.6 Å². The van der Waals surface area contributed by atoms with Gasteiger partial charge in [-0.15, -0.1) is 5.10 Å². The van der Waals surface area contributed by atoms with Crippen molar-refractivity contribution in [2.24, 2.45) is 0 Å². The topological polar surface area (TPSA) is 46.3 Å². The number of anilines is 1. The standard InChI is InChI=1S/C13H12FN5/c1-18(2)12-5-3-9(7-15-12)10-8-19-13(16-10)6-4-11(14)17-19/h3-8H,1-2H3. The van der Waals surface area contributed by atoms with Crippen LogP contribution in [0.2, 0.25) is 0 Å². The van der Waals surface area contributed by atoms with Crippen molar-refractivity contribution in [3.05, 3.63) is 42.6 Å². The molecule has 5 nitrogen and oxygen atoms in total. The number of nitrogens with zero attached hydrogens (tertiary/aromatic N) is 5. The lowest BCUT2D eigenvalue weighted by molar-refractivity contribution is 0.555. The molecule has 0 aliphatic heterocycles. The zero-order valence-corrected chi connectivity index (χ0v) is 10.6. The number of aromatic nitrogens is 4. The highest BCUT2D eigenvalue weighted by atomic mass is 19.1. The summed E-state index contributed by atoms with van der Waals surface area (Å²) in [4.78, 5) is 10.6. The van der Waals surface area contributed by atoms with Gasteiger partial charge in [0, 0.05) is 25.9 Å². The normalized spacial score (nSPS) is 10.9. The van der Waals surface area contributed by atoms with Crippen LogP contribution in [0.25, 0.3) is 16.9 Å². The molecule has 0 aliphatic rings. The van der Waals surface area contributed by atoms with Gasteiger partial charge >= 0.3 is 0 Å². The third-order valence-electron chi connectivity index (χ3n) is 2.79. The molecule has 96 valence electrons. The van der Waals surface area contributed by atoms with Crippen molar-refractivity contribution in [3.8, 4) is 11.3 Å². The Bertz CT molecular complexity index is 717. The van der Waals surface area contributed by atoms with Gasteiger partial charge in [0.2, 0.25) is 5.95 Å². The summed E-state index contributed by atoms with van der Waals surface area (Å²) in [5.74, 6) is 0.342. The van der Waals surface area contributed by atoms with Crippen molar-refractivity contribution < 1.29 is 4.39 Å². The molecule has 0 fully saturated rings. The number of hydrogen-bond acceptors (Lipinski definition) is 4. The SMILES string of the molecule is CN(C)c1ccc(-c2cn3nc(F)ccc3n2)cn1. The van der Waals surface area contributed by atoms with Crippen LogP contribution >= 0.6 is 0 Å². The molecule has 0 aromatic carbocycles. The number of hydrogen-bond donors (Lipinski definition) is 0. The molecule has 0 amide bonds. The molecule has 3 heterocycles. The predicted octanol–water partition coefficient (Wildman–Crippen LogP) is 2.00. The lowest BCUT2D eigenvalue weighted by Crippen LogP contribution is -2.09. The van der Waals surface area contributed by atoms with Gasteiger partial charge in [-0.25, -0.2) is 14.5 Å². The summed E-state index contributed by atoms with van der Waals surface area (Å²) in [6.45, 7) is 0. The van der Waals surface area contributed by atoms with E-state index in [1.165, 1.54) is 10.6 Å². The van der Waals surface area contributed by atoms with E-state index in [2.05, 4.69) is 15.1 Å². The van der Waals surface area contributed by atoms with Crippen LogP contribution in [0.5, 0.6) is 0 Å². The minimum Gasteiger partial charge on any atom is -0.363 e. The molecular weight excluding hydrogens is 245 g/mol. The third kappa shape index (κ3) is 2.12. The molecule has 6 heteroatoms. The number of fused-ring (bicyclic) bond motifs is 1. The van der Waals surface area contributed by atoms with E-state index in [0.717, 1.165) is 17.1 Å². The van der Waals surface area contributed by atoms with E-state index in [1.54, 1.807) is 18.5 Å². The van der Waals surface area contributed by atoms with Crippen LogP contribution in [-0.2, 0) is 0 Å². The monoisotopic (exact) mass is 257 g/mol. The molecule has 0 spiro atoms. The molecule has 0 bridgehead atoms. The first-order chi connectivity index (χ1) is 9.13. The third-order valence-corrected chi connectivity index (χ3v) is 2.79. The van der Waals surface area contributed by atoms with Crippen LogP contribution in [0.1, 0.15) is 0 Å². The van der Waals surface area contributed by atoms with Gasteiger partial charge in [-0.2, -0.15) is 4.39 Å². The first-order valence-electron chi connectivity index (χ1n) is 5.79. The molecule has 0 atom stereocenters.